The molecule has 0 saturated carbocycles. The van der Waals surface area contributed by atoms with Crippen molar-refractivity contribution in [2.75, 3.05) is 6.54 Å². The van der Waals surface area contributed by atoms with Crippen LogP contribution in [-0.2, 0) is 17.1 Å². The lowest BCUT2D eigenvalue weighted by atomic mass is 10.00. The van der Waals surface area contributed by atoms with Gasteiger partial charge in [-0.25, -0.2) is 13.1 Å². The molecule has 0 amide bonds. The number of hydrogen-bond donors (Lipinski definition) is 1. The Morgan fingerprint density at radius 2 is 2.22 bits per heavy atom. The summed E-state index contributed by atoms with van der Waals surface area (Å²) in [6.45, 7) is 2.36. The third-order valence-electron chi connectivity index (χ3n) is 3.35. The highest BCUT2D eigenvalue weighted by Gasteiger charge is 2.36. The van der Waals surface area contributed by atoms with Gasteiger partial charge in [-0.1, -0.05) is 11.6 Å². The van der Waals surface area contributed by atoms with E-state index in [9.17, 15) is 8.42 Å². The molecule has 18 heavy (non-hydrogen) atoms. The summed E-state index contributed by atoms with van der Waals surface area (Å²) < 4.78 is 27.9. The SMILES string of the molecule is CC(N)C1CCCCN1S(=O)(=O)c1cnnn1C. The Kier molecular flexibility index (Phi) is 3.69. The molecule has 2 rings (SSSR count). The molecule has 1 aromatic heterocycles. The normalized spacial score (nSPS) is 24.1. The molecule has 0 spiro atoms. The molecule has 0 radical (unpaired) electrons. The van der Waals surface area contributed by atoms with Crippen LogP contribution in [0.15, 0.2) is 11.2 Å². The maximum Gasteiger partial charge on any atom is 0.262 e. The predicted molar refractivity (Wildman–Crippen MR) is 66.2 cm³/mol. The Bertz CT molecular complexity index is 510. The van der Waals surface area contributed by atoms with Gasteiger partial charge in [-0.2, -0.15) is 4.31 Å². The average molecular weight is 273 g/mol. The second-order valence-electron chi connectivity index (χ2n) is 4.73. The van der Waals surface area contributed by atoms with Crippen molar-refractivity contribution in [2.24, 2.45) is 12.8 Å². The number of hydrogen-bond acceptors (Lipinski definition) is 5. The van der Waals surface area contributed by atoms with Crippen LogP contribution in [0.1, 0.15) is 26.2 Å². The molecule has 2 N–H and O–H groups in total. The van der Waals surface area contributed by atoms with Crippen molar-refractivity contribution >= 4 is 10.0 Å². The molecule has 2 heterocycles. The standard InChI is InChI=1S/C10H19N5O2S/c1-8(11)9-5-3-4-6-15(9)18(16,17)10-7-12-13-14(10)2/h7-9H,3-6,11H2,1-2H3. The first-order valence-electron chi connectivity index (χ1n) is 6.06. The van der Waals surface area contributed by atoms with E-state index in [1.807, 2.05) is 6.92 Å². The van der Waals surface area contributed by atoms with Crippen LogP contribution < -0.4 is 5.73 Å². The van der Waals surface area contributed by atoms with Crippen LogP contribution in [0.25, 0.3) is 0 Å². The van der Waals surface area contributed by atoms with Gasteiger partial charge in [-0.3, -0.25) is 0 Å². The quantitative estimate of drug-likeness (QED) is 0.816. The lowest BCUT2D eigenvalue weighted by Gasteiger charge is -2.36. The lowest BCUT2D eigenvalue weighted by molar-refractivity contribution is 0.226. The molecule has 2 unspecified atom stereocenters. The summed E-state index contributed by atoms with van der Waals surface area (Å²) >= 11 is 0. The van der Waals surface area contributed by atoms with Crippen LogP contribution in [0, 0.1) is 0 Å². The molecule has 102 valence electrons. The highest BCUT2D eigenvalue weighted by molar-refractivity contribution is 7.89. The monoisotopic (exact) mass is 273 g/mol. The van der Waals surface area contributed by atoms with Crippen molar-refractivity contribution in [1.82, 2.24) is 19.3 Å². The van der Waals surface area contributed by atoms with Crippen LogP contribution in [0.3, 0.4) is 0 Å². The van der Waals surface area contributed by atoms with E-state index < -0.39 is 10.0 Å². The lowest BCUT2D eigenvalue weighted by Crippen LogP contribution is -2.51. The molecule has 0 aromatic carbocycles. The molecule has 1 aliphatic heterocycles. The van der Waals surface area contributed by atoms with E-state index in [0.717, 1.165) is 19.3 Å². The van der Waals surface area contributed by atoms with Crippen molar-refractivity contribution in [3.63, 3.8) is 0 Å². The summed E-state index contributed by atoms with van der Waals surface area (Å²) in [5.74, 6) is 0. The van der Waals surface area contributed by atoms with Crippen LogP contribution in [-0.4, -0.2) is 46.3 Å². The van der Waals surface area contributed by atoms with Crippen LogP contribution >= 0.6 is 0 Å². The summed E-state index contributed by atoms with van der Waals surface area (Å²) in [6.07, 6.45) is 3.97. The van der Waals surface area contributed by atoms with Crippen molar-refractivity contribution in [2.45, 2.75) is 43.3 Å². The van der Waals surface area contributed by atoms with Gasteiger partial charge >= 0.3 is 0 Å². The fourth-order valence-corrected chi connectivity index (χ4v) is 4.20. The molecule has 7 nitrogen and oxygen atoms in total. The topological polar surface area (TPSA) is 94.1 Å². The van der Waals surface area contributed by atoms with Gasteiger partial charge < -0.3 is 5.73 Å². The summed E-state index contributed by atoms with van der Waals surface area (Å²) in [7, 11) is -1.98. The Morgan fingerprint density at radius 3 is 2.78 bits per heavy atom. The van der Waals surface area contributed by atoms with E-state index in [0.29, 0.717) is 6.54 Å². The molecular formula is C10H19N5O2S. The van der Waals surface area contributed by atoms with Crippen molar-refractivity contribution < 1.29 is 8.42 Å². The molecule has 1 aliphatic rings. The maximum absolute atomic E-state index is 12.6. The minimum atomic E-state index is -3.55. The van der Waals surface area contributed by atoms with Gasteiger partial charge in [0, 0.05) is 25.7 Å². The molecular weight excluding hydrogens is 254 g/mol. The fraction of sp³-hybridized carbons (Fsp3) is 0.800. The van der Waals surface area contributed by atoms with Crippen LogP contribution in [0.5, 0.6) is 0 Å². The predicted octanol–water partition coefficient (Wildman–Crippen LogP) is -0.294. The van der Waals surface area contributed by atoms with E-state index in [-0.39, 0.29) is 17.1 Å². The number of aryl methyl sites for hydroxylation is 1. The first-order valence-corrected chi connectivity index (χ1v) is 7.50. The summed E-state index contributed by atoms with van der Waals surface area (Å²) in [5, 5.41) is 7.43. The van der Waals surface area contributed by atoms with Crippen LogP contribution in [0.4, 0.5) is 0 Å². The number of nitrogens with two attached hydrogens (primary N) is 1. The molecule has 0 bridgehead atoms. The second kappa shape index (κ2) is 4.94. The van der Waals surface area contributed by atoms with Gasteiger partial charge in [0.25, 0.3) is 10.0 Å². The minimum Gasteiger partial charge on any atom is -0.326 e. The molecule has 0 aliphatic carbocycles. The van der Waals surface area contributed by atoms with E-state index in [1.54, 1.807) is 7.05 Å². The van der Waals surface area contributed by atoms with Crippen molar-refractivity contribution in [3.8, 4) is 0 Å². The summed E-state index contributed by atoms with van der Waals surface area (Å²) in [5.41, 5.74) is 5.90. The Balaban J connectivity index is 2.36. The first-order chi connectivity index (χ1) is 8.44. The molecule has 2 atom stereocenters. The van der Waals surface area contributed by atoms with Crippen molar-refractivity contribution in [1.29, 1.82) is 0 Å². The maximum atomic E-state index is 12.6. The Morgan fingerprint density at radius 1 is 1.50 bits per heavy atom. The smallest absolute Gasteiger partial charge is 0.262 e. The first kappa shape index (κ1) is 13.4. The highest BCUT2D eigenvalue weighted by atomic mass is 32.2. The Labute approximate surface area is 107 Å². The molecule has 1 aromatic rings. The number of sulfonamides is 1. The van der Waals surface area contributed by atoms with Crippen molar-refractivity contribution in [3.05, 3.63) is 6.20 Å². The van der Waals surface area contributed by atoms with E-state index in [2.05, 4.69) is 10.3 Å². The zero-order chi connectivity index (χ0) is 13.3. The minimum absolute atomic E-state index is 0.120. The third-order valence-corrected chi connectivity index (χ3v) is 5.32. The number of piperidine rings is 1. The number of aromatic nitrogens is 3. The summed E-state index contributed by atoms with van der Waals surface area (Å²) in [6, 6.07) is -0.320. The molecule has 1 fully saturated rings. The van der Waals surface area contributed by atoms with E-state index >= 15 is 0 Å². The zero-order valence-corrected chi connectivity index (χ0v) is 11.5. The second-order valence-corrected chi connectivity index (χ2v) is 6.57. The zero-order valence-electron chi connectivity index (χ0n) is 10.7. The van der Waals surface area contributed by atoms with Gasteiger partial charge in [0.15, 0.2) is 5.03 Å². The van der Waals surface area contributed by atoms with Gasteiger partial charge in [0.2, 0.25) is 0 Å². The van der Waals surface area contributed by atoms with Gasteiger partial charge in [-0.15, -0.1) is 5.10 Å². The number of nitrogens with zero attached hydrogens (tertiary/aromatic N) is 4. The highest BCUT2D eigenvalue weighted by Crippen LogP contribution is 2.25. The Hall–Kier alpha value is -0.990. The average Bonchev–Trinajstić information content (AvgIpc) is 2.76. The fourth-order valence-electron chi connectivity index (χ4n) is 2.39. The van der Waals surface area contributed by atoms with Gasteiger partial charge in [0.1, 0.15) is 0 Å². The van der Waals surface area contributed by atoms with Crippen LogP contribution in [0.2, 0.25) is 0 Å². The third kappa shape index (κ3) is 2.27. The summed E-state index contributed by atoms with van der Waals surface area (Å²) in [4.78, 5) is 0. The molecule has 1 saturated heterocycles. The van der Waals surface area contributed by atoms with Gasteiger partial charge in [-0.05, 0) is 19.8 Å². The largest absolute Gasteiger partial charge is 0.326 e. The molecule has 8 heteroatoms. The van der Waals surface area contributed by atoms with E-state index in [1.165, 1.54) is 15.2 Å². The van der Waals surface area contributed by atoms with E-state index in [4.69, 9.17) is 5.73 Å². The van der Waals surface area contributed by atoms with Gasteiger partial charge in [0.05, 0.1) is 6.20 Å². The number of rotatable bonds is 3.